The summed E-state index contributed by atoms with van der Waals surface area (Å²) >= 11 is 0. The lowest BCUT2D eigenvalue weighted by Crippen LogP contribution is -2.48. The van der Waals surface area contributed by atoms with Crippen LogP contribution in [0.15, 0.2) is 91.9 Å². The van der Waals surface area contributed by atoms with Crippen molar-refractivity contribution in [3.63, 3.8) is 0 Å². The topological polar surface area (TPSA) is 355 Å². The van der Waals surface area contributed by atoms with Crippen LogP contribution < -0.4 is 54.6 Å². The van der Waals surface area contributed by atoms with Crippen molar-refractivity contribution in [2.24, 2.45) is 29.4 Å². The van der Waals surface area contributed by atoms with E-state index < -0.39 is 47.3 Å². The molecule has 92 heavy (non-hydrogen) atoms. The van der Waals surface area contributed by atoms with Crippen LogP contribution in [0, 0.1) is 0 Å². The Morgan fingerprint density at radius 3 is 1.66 bits per heavy atom. The number of likely N-dealkylation sites (tertiary alicyclic amines) is 1. The number of unbranched alkanes of at least 4 members (excludes halogenated alkanes) is 12. The standard InChI is InChI=1S/C68H91N13O11/c1-79(65(87)58-41-48(77-78-72)43-81(58)63(86)44-91-49-24-28-53-57(42-49)80(2)67(89)92-66(53)88)35-37-90-36-34-73-59(82)29-30-68-54-38-45(74-60(83)18-12-6-3-9-15-31-69)21-25-50(54)64(51-26-22-46(39-55(51)68)75-61(84)19-13-7-4-10-16-32-70)52-27-23-47(40-56(52)68)76-62(85)20-14-8-5-11-17-33-71/h21-28,38-40,42,48,58,64H,3-20,29-37,41,43-44,69-71H2,1-2H3,(H,73,82)(H,74,83)(H,75,84)(H,76,85)/t48-,58-,64?,68?/m0/s1. The molecule has 0 unspecified atom stereocenters. The highest BCUT2D eigenvalue weighted by molar-refractivity contribution is 5.94. The molecular formula is C68H91N13O11. The van der Waals surface area contributed by atoms with Gasteiger partial charge < -0.3 is 62.2 Å². The number of likely N-dealkylation sites (N-methyl/N-ethyl adjacent to an activating group) is 1. The molecule has 1 saturated heterocycles. The molecule has 24 nitrogen and oxygen atoms in total. The zero-order valence-electron chi connectivity index (χ0n) is 53.3. The minimum atomic E-state index is -1.01. The molecule has 5 aromatic rings. The van der Waals surface area contributed by atoms with Gasteiger partial charge in [0.15, 0.2) is 6.61 Å². The van der Waals surface area contributed by atoms with Gasteiger partial charge >= 0.3 is 11.4 Å². The Kier molecular flexibility index (Phi) is 25.9. The minimum Gasteiger partial charge on any atom is -0.484 e. The van der Waals surface area contributed by atoms with Crippen molar-refractivity contribution in [1.82, 2.24) is 19.7 Å². The van der Waals surface area contributed by atoms with E-state index in [9.17, 15) is 43.9 Å². The van der Waals surface area contributed by atoms with Gasteiger partial charge in [-0.3, -0.25) is 33.3 Å². The number of hydrogen-bond acceptors (Lipinski definition) is 15. The Bertz CT molecular complexity index is 3390. The van der Waals surface area contributed by atoms with E-state index in [-0.39, 0.29) is 98.3 Å². The Labute approximate surface area is 536 Å². The number of aromatic nitrogens is 1. The van der Waals surface area contributed by atoms with E-state index in [1.54, 1.807) is 7.05 Å². The van der Waals surface area contributed by atoms with Gasteiger partial charge in [0.05, 0.1) is 30.2 Å². The van der Waals surface area contributed by atoms with Gasteiger partial charge in [0.1, 0.15) is 11.8 Å². The molecule has 2 heterocycles. The summed E-state index contributed by atoms with van der Waals surface area (Å²) in [6.45, 7) is 1.90. The fourth-order valence-electron chi connectivity index (χ4n) is 13.0. The van der Waals surface area contributed by atoms with Crippen LogP contribution in [-0.4, -0.2) is 128 Å². The van der Waals surface area contributed by atoms with Crippen LogP contribution in [0.2, 0.25) is 0 Å². The third-order valence-electron chi connectivity index (χ3n) is 17.9. The number of nitrogens with zero attached hydrogens (tertiary/aromatic N) is 6. The Balaban J connectivity index is 0.965. The first-order chi connectivity index (χ1) is 44.6. The van der Waals surface area contributed by atoms with Crippen molar-refractivity contribution < 1.29 is 42.7 Å². The quantitative estimate of drug-likeness (QED) is 0.00850. The van der Waals surface area contributed by atoms with Gasteiger partial charge in [0.25, 0.3) is 5.91 Å². The molecule has 9 rings (SSSR count). The molecule has 2 atom stereocenters. The van der Waals surface area contributed by atoms with Gasteiger partial charge in [-0.15, -0.1) is 0 Å². The second-order valence-corrected chi connectivity index (χ2v) is 24.4. The van der Waals surface area contributed by atoms with Crippen LogP contribution in [0.1, 0.15) is 174 Å². The van der Waals surface area contributed by atoms with Crippen LogP contribution in [0.25, 0.3) is 21.3 Å². The zero-order valence-corrected chi connectivity index (χ0v) is 53.3. The van der Waals surface area contributed by atoms with E-state index in [1.807, 2.05) is 36.4 Å². The minimum absolute atomic E-state index is 0.0186. The first-order valence-electron chi connectivity index (χ1n) is 32.7. The number of hydrogen-bond donors (Lipinski definition) is 7. The van der Waals surface area contributed by atoms with Crippen LogP contribution in [-0.2, 0) is 46.0 Å². The maximum absolute atomic E-state index is 14.3. The molecule has 1 fully saturated rings. The molecule has 494 valence electrons. The average molecular weight is 1270 g/mol. The number of ether oxygens (including phenoxy) is 2. The number of azide groups is 1. The van der Waals surface area contributed by atoms with Gasteiger partial charge in [-0.1, -0.05) is 81.1 Å². The van der Waals surface area contributed by atoms with E-state index in [2.05, 4.69) is 49.5 Å². The van der Waals surface area contributed by atoms with E-state index in [1.165, 1.54) is 35.0 Å². The molecule has 4 aromatic carbocycles. The normalized spacial score (nSPS) is 16.7. The van der Waals surface area contributed by atoms with Crippen LogP contribution in [0.4, 0.5) is 17.1 Å². The summed E-state index contributed by atoms with van der Waals surface area (Å²) in [6.07, 6.45) is 15.4. The fourth-order valence-corrected chi connectivity index (χ4v) is 13.0. The predicted molar refractivity (Wildman–Crippen MR) is 353 cm³/mol. The number of aryl methyl sites for hydroxylation is 1. The summed E-state index contributed by atoms with van der Waals surface area (Å²) in [5, 5.41) is 16.5. The molecule has 24 heteroatoms. The molecule has 0 radical (unpaired) electrons. The maximum atomic E-state index is 14.3. The highest BCUT2D eigenvalue weighted by Crippen LogP contribution is 2.62. The fraction of sp³-hybridized carbons (Fsp3) is 0.529. The third-order valence-corrected chi connectivity index (χ3v) is 17.9. The molecular weight excluding hydrogens is 1170 g/mol. The Morgan fingerprint density at radius 1 is 0.663 bits per heavy atom. The van der Waals surface area contributed by atoms with Crippen molar-refractivity contribution in [3.05, 3.63) is 138 Å². The number of carbonyl (C=O) groups is 6. The number of nitrogens with one attached hydrogen (secondary N) is 4. The third kappa shape index (κ3) is 17.8. The van der Waals surface area contributed by atoms with Crippen molar-refractivity contribution in [2.45, 2.75) is 158 Å². The summed E-state index contributed by atoms with van der Waals surface area (Å²) in [5.74, 6) is -2.41. The molecule has 0 spiro atoms. The lowest BCUT2D eigenvalue weighted by Gasteiger charge is -2.51. The second kappa shape index (κ2) is 34.3. The monoisotopic (exact) mass is 1270 g/mol. The number of nitrogens with two attached hydrogens (primary N) is 3. The first-order valence-corrected chi connectivity index (χ1v) is 32.7. The number of anilines is 3. The first kappa shape index (κ1) is 69.5. The summed E-state index contributed by atoms with van der Waals surface area (Å²) in [5.41, 5.74) is 32.5. The SMILES string of the molecule is CN(CCOCCNC(=O)CCC12c3cc(NC(=O)CCCCCCCN)ccc3C(c3ccc(NC(=O)CCCCCCCN)cc31)c1ccc(NC(=O)CCCCCCCN)cc12)C(=O)[C@@H]1C[C@H](N=[N+]=[N-])CN1C(=O)COc1ccc2c(=O)oc(=O)n(C)c2c1. The summed E-state index contributed by atoms with van der Waals surface area (Å²) < 4.78 is 17.6. The van der Waals surface area contributed by atoms with Gasteiger partial charge in [-0.25, -0.2) is 9.59 Å². The molecule has 1 aromatic heterocycles. The van der Waals surface area contributed by atoms with E-state index in [0.717, 1.165) is 134 Å². The van der Waals surface area contributed by atoms with E-state index in [0.29, 0.717) is 56.0 Å². The molecule has 0 saturated carbocycles. The second-order valence-electron chi connectivity index (χ2n) is 24.4. The highest BCUT2D eigenvalue weighted by Gasteiger charge is 2.52. The zero-order chi connectivity index (χ0) is 65.6. The lowest BCUT2D eigenvalue weighted by molar-refractivity contribution is -0.144. The Hall–Kier alpha value is -8.41. The van der Waals surface area contributed by atoms with Crippen LogP contribution in [0.3, 0.4) is 0 Å². The van der Waals surface area contributed by atoms with Gasteiger partial charge in [0, 0.05) is 98.8 Å². The van der Waals surface area contributed by atoms with Gasteiger partial charge in [0.2, 0.25) is 29.5 Å². The average Bonchev–Trinajstić information content (AvgIpc) is 0.742. The van der Waals surface area contributed by atoms with Gasteiger partial charge in [-0.2, -0.15) is 0 Å². The number of amides is 6. The number of carbonyl (C=O) groups excluding carboxylic acids is 6. The lowest BCUT2D eigenvalue weighted by atomic mass is 9.51. The van der Waals surface area contributed by atoms with Crippen molar-refractivity contribution in [2.75, 3.05) is 82.1 Å². The van der Waals surface area contributed by atoms with E-state index in [4.69, 9.17) is 31.1 Å². The van der Waals surface area contributed by atoms with Gasteiger partial charge in [-0.05, 0) is 158 Å². The maximum Gasteiger partial charge on any atom is 0.422 e. The van der Waals surface area contributed by atoms with E-state index >= 15 is 0 Å². The summed E-state index contributed by atoms with van der Waals surface area (Å²) in [6, 6.07) is 20.8. The predicted octanol–water partition coefficient (Wildman–Crippen LogP) is 8.08. The number of fused-ring (bicyclic) bond motifs is 1. The van der Waals surface area contributed by atoms with Crippen molar-refractivity contribution in [1.29, 1.82) is 0 Å². The number of rotatable bonds is 38. The molecule has 3 aliphatic carbocycles. The molecule has 2 bridgehead atoms. The molecule has 6 amide bonds. The molecule has 4 aliphatic rings. The molecule has 10 N–H and O–H groups in total. The largest absolute Gasteiger partial charge is 0.484 e. The van der Waals surface area contributed by atoms with Crippen LogP contribution in [0.5, 0.6) is 5.75 Å². The van der Waals surface area contributed by atoms with Crippen molar-refractivity contribution >= 4 is 63.4 Å². The summed E-state index contributed by atoms with van der Waals surface area (Å²) in [4.78, 5) is 113. The van der Waals surface area contributed by atoms with Crippen molar-refractivity contribution in [3.8, 4) is 5.75 Å². The smallest absolute Gasteiger partial charge is 0.422 e. The highest BCUT2D eigenvalue weighted by atomic mass is 16.5. The summed E-state index contributed by atoms with van der Waals surface area (Å²) in [7, 11) is 3.01. The Morgan fingerprint density at radius 2 is 1.16 bits per heavy atom. The molecule has 1 aliphatic heterocycles. The number of benzene rings is 4. The van der Waals surface area contributed by atoms with Crippen LogP contribution >= 0.6 is 0 Å².